The molecule has 2 heterocycles. The number of sulfonamides is 1. The van der Waals surface area contributed by atoms with E-state index >= 15 is 0 Å². The Bertz CT molecular complexity index is 1700. The van der Waals surface area contributed by atoms with Crippen LogP contribution in [-0.4, -0.2) is 42.3 Å². The molecule has 0 saturated carbocycles. The largest absolute Gasteiger partial charge is 0.311 e. The van der Waals surface area contributed by atoms with Gasteiger partial charge in [-0.25, -0.2) is 8.42 Å². The number of fused-ring (bicyclic) bond motifs is 1. The van der Waals surface area contributed by atoms with E-state index in [-0.39, 0.29) is 6.42 Å². The highest BCUT2D eigenvalue weighted by molar-refractivity contribution is 7.90. The summed E-state index contributed by atoms with van der Waals surface area (Å²) in [4.78, 5) is 28.8. The quantitative estimate of drug-likeness (QED) is 0.209. The van der Waals surface area contributed by atoms with Crippen LogP contribution in [0.5, 0.6) is 0 Å². The number of allylic oxidation sites excluding steroid dienone is 2. The highest BCUT2D eigenvalue weighted by Crippen LogP contribution is 2.29. The van der Waals surface area contributed by atoms with Crippen molar-refractivity contribution in [1.82, 2.24) is 14.5 Å². The average Bonchev–Trinajstić information content (AvgIpc) is 3.63. The van der Waals surface area contributed by atoms with Gasteiger partial charge in [0.25, 0.3) is 0 Å². The molecule has 9 heteroatoms. The third-order valence-electron chi connectivity index (χ3n) is 6.99. The molecule has 5 rings (SSSR count). The summed E-state index contributed by atoms with van der Waals surface area (Å²) in [5, 5.41) is 4.40. The van der Waals surface area contributed by atoms with Crippen molar-refractivity contribution in [2.45, 2.75) is 19.4 Å². The topological polar surface area (TPSA) is 101 Å². The number of amides is 2. The number of carbonyl (C=O) groups excluding carboxylic acids is 2. The Balaban J connectivity index is 1.30. The molecule has 0 saturated heterocycles. The minimum atomic E-state index is -4.03. The number of aromatic nitrogens is 2. The molecule has 42 heavy (non-hydrogen) atoms. The summed E-state index contributed by atoms with van der Waals surface area (Å²) in [5.41, 5.74) is 4.47. The molecule has 3 aromatic carbocycles. The number of anilines is 1. The van der Waals surface area contributed by atoms with Crippen LogP contribution in [0.25, 0.3) is 6.08 Å². The molecule has 0 spiro atoms. The first-order valence-corrected chi connectivity index (χ1v) is 15.4. The van der Waals surface area contributed by atoms with Crippen molar-refractivity contribution in [3.05, 3.63) is 138 Å². The van der Waals surface area contributed by atoms with Gasteiger partial charge in [0.1, 0.15) is 5.92 Å². The van der Waals surface area contributed by atoms with Gasteiger partial charge in [0.15, 0.2) is 0 Å². The van der Waals surface area contributed by atoms with Crippen LogP contribution in [0, 0.1) is 5.92 Å². The Morgan fingerprint density at radius 2 is 1.62 bits per heavy atom. The van der Waals surface area contributed by atoms with Crippen LogP contribution in [0.15, 0.2) is 116 Å². The van der Waals surface area contributed by atoms with E-state index in [1.165, 1.54) is 6.08 Å². The number of rotatable bonds is 11. The van der Waals surface area contributed by atoms with Gasteiger partial charge in [-0.15, -0.1) is 0 Å². The van der Waals surface area contributed by atoms with Crippen molar-refractivity contribution in [2.75, 3.05) is 17.2 Å². The van der Waals surface area contributed by atoms with Gasteiger partial charge < -0.3 is 4.90 Å². The van der Waals surface area contributed by atoms with E-state index in [4.69, 9.17) is 0 Å². The summed E-state index contributed by atoms with van der Waals surface area (Å²) in [6, 6.07) is 27.0. The zero-order valence-corrected chi connectivity index (χ0v) is 23.9. The molecule has 8 nitrogen and oxygen atoms in total. The standard InChI is InChI=1S/C33H32N4O4S/c38-32(35-42(40,41)21-11-3-8-14-26-12-4-1-5-13-26)30(33(39)37-20-19-29-17-9-10-18-31(29)37)22-28-23-34-36(25-28)24-27-15-6-2-7-16-27/h1-18,23,25,30H,19-22,24H2,(H,35,38)/b11-3+,14-8?. The molecule has 1 aliphatic heterocycles. The minimum absolute atomic E-state index is 0.0172. The van der Waals surface area contributed by atoms with Gasteiger partial charge in [0.05, 0.1) is 18.5 Å². The van der Waals surface area contributed by atoms with Gasteiger partial charge in [-0.3, -0.25) is 19.0 Å². The number of hydrogen-bond donors (Lipinski definition) is 1. The minimum Gasteiger partial charge on any atom is -0.311 e. The first-order valence-electron chi connectivity index (χ1n) is 13.7. The van der Waals surface area contributed by atoms with E-state index in [9.17, 15) is 18.0 Å². The monoisotopic (exact) mass is 580 g/mol. The first-order chi connectivity index (χ1) is 20.4. The summed E-state index contributed by atoms with van der Waals surface area (Å²) in [6.45, 7) is 0.961. The fourth-order valence-corrected chi connectivity index (χ4v) is 5.81. The second-order valence-electron chi connectivity index (χ2n) is 10.1. The van der Waals surface area contributed by atoms with Crippen LogP contribution in [0.2, 0.25) is 0 Å². The van der Waals surface area contributed by atoms with Crippen molar-refractivity contribution < 1.29 is 18.0 Å². The maximum atomic E-state index is 13.8. The SMILES string of the molecule is O=C(NS(=O)(=O)C/C=C/C=Cc1ccccc1)C(Cc1cnn(Cc2ccccc2)c1)C(=O)N1CCc2ccccc21. The van der Waals surface area contributed by atoms with E-state index in [1.807, 2.05) is 91.0 Å². The lowest BCUT2D eigenvalue weighted by molar-refractivity contribution is -0.132. The van der Waals surface area contributed by atoms with Gasteiger partial charge in [-0.05, 0) is 41.2 Å². The number of carbonyl (C=O) groups is 2. The molecule has 0 fully saturated rings. The smallest absolute Gasteiger partial charge is 0.246 e. The molecular weight excluding hydrogens is 548 g/mol. The predicted octanol–water partition coefficient (Wildman–Crippen LogP) is 4.40. The molecule has 1 aliphatic rings. The lowest BCUT2D eigenvalue weighted by Crippen LogP contribution is -2.46. The van der Waals surface area contributed by atoms with E-state index in [0.29, 0.717) is 25.1 Å². The molecule has 2 amide bonds. The fourth-order valence-electron chi connectivity index (χ4n) is 4.91. The molecule has 1 unspecified atom stereocenters. The third kappa shape index (κ3) is 7.50. The summed E-state index contributed by atoms with van der Waals surface area (Å²) in [6.07, 6.45) is 10.7. The summed E-state index contributed by atoms with van der Waals surface area (Å²) in [7, 11) is -4.03. The van der Waals surface area contributed by atoms with Gasteiger partial charge in [0, 0.05) is 18.4 Å². The highest BCUT2D eigenvalue weighted by atomic mass is 32.2. The zero-order valence-electron chi connectivity index (χ0n) is 23.0. The highest BCUT2D eigenvalue weighted by Gasteiger charge is 2.36. The molecule has 0 bridgehead atoms. The Morgan fingerprint density at radius 1 is 0.905 bits per heavy atom. The summed E-state index contributed by atoms with van der Waals surface area (Å²) in [5.74, 6) is -2.94. The Kier molecular flexibility index (Phi) is 9.08. The first kappa shape index (κ1) is 28.8. The van der Waals surface area contributed by atoms with Crippen LogP contribution in [0.1, 0.15) is 22.3 Å². The molecule has 0 aliphatic carbocycles. The maximum absolute atomic E-state index is 13.8. The third-order valence-corrected chi connectivity index (χ3v) is 8.13. The van der Waals surface area contributed by atoms with Crippen molar-refractivity contribution in [1.29, 1.82) is 0 Å². The van der Waals surface area contributed by atoms with Gasteiger partial charge in [0.2, 0.25) is 21.8 Å². The predicted molar refractivity (Wildman–Crippen MR) is 164 cm³/mol. The number of hydrogen-bond acceptors (Lipinski definition) is 5. The molecular formula is C33H32N4O4S. The van der Waals surface area contributed by atoms with Crippen LogP contribution in [-0.2, 0) is 39.0 Å². The summed E-state index contributed by atoms with van der Waals surface area (Å²) < 4.78 is 29.5. The van der Waals surface area contributed by atoms with Crippen LogP contribution >= 0.6 is 0 Å². The van der Waals surface area contributed by atoms with Gasteiger partial charge in [-0.1, -0.05) is 103 Å². The van der Waals surface area contributed by atoms with E-state index in [2.05, 4.69) is 9.82 Å². The van der Waals surface area contributed by atoms with Crippen LogP contribution < -0.4 is 9.62 Å². The Labute approximate surface area is 246 Å². The van der Waals surface area contributed by atoms with Crippen molar-refractivity contribution in [2.24, 2.45) is 5.92 Å². The Morgan fingerprint density at radius 3 is 2.40 bits per heavy atom. The molecule has 1 atom stereocenters. The molecule has 4 aromatic rings. The molecule has 214 valence electrons. The zero-order chi connectivity index (χ0) is 29.4. The maximum Gasteiger partial charge on any atom is 0.246 e. The van der Waals surface area contributed by atoms with Crippen molar-refractivity contribution >= 4 is 33.6 Å². The average molecular weight is 581 g/mol. The lowest BCUT2D eigenvalue weighted by atomic mass is 9.99. The molecule has 1 aromatic heterocycles. The Hall–Kier alpha value is -4.76. The second kappa shape index (κ2) is 13.3. The normalized spacial score (nSPS) is 13.9. The van der Waals surface area contributed by atoms with Crippen LogP contribution in [0.3, 0.4) is 0 Å². The van der Waals surface area contributed by atoms with E-state index in [0.717, 1.165) is 22.4 Å². The van der Waals surface area contributed by atoms with Gasteiger partial charge in [-0.2, -0.15) is 5.10 Å². The van der Waals surface area contributed by atoms with E-state index in [1.54, 1.807) is 34.1 Å². The van der Waals surface area contributed by atoms with Crippen LogP contribution in [0.4, 0.5) is 5.69 Å². The number of para-hydroxylation sites is 1. The second-order valence-corrected chi connectivity index (χ2v) is 11.9. The molecule has 0 radical (unpaired) electrons. The fraction of sp³-hybridized carbons (Fsp3) is 0.182. The van der Waals surface area contributed by atoms with Crippen molar-refractivity contribution in [3.8, 4) is 0 Å². The van der Waals surface area contributed by atoms with E-state index < -0.39 is 33.5 Å². The number of nitrogens with zero attached hydrogens (tertiary/aromatic N) is 3. The lowest BCUT2D eigenvalue weighted by Gasteiger charge is -2.23. The van der Waals surface area contributed by atoms with Gasteiger partial charge >= 0.3 is 0 Å². The number of benzene rings is 3. The summed E-state index contributed by atoms with van der Waals surface area (Å²) >= 11 is 0. The number of nitrogens with one attached hydrogen (secondary N) is 1. The van der Waals surface area contributed by atoms with Crippen molar-refractivity contribution in [3.63, 3.8) is 0 Å². The molecule has 1 N–H and O–H groups in total.